The predicted octanol–water partition coefficient (Wildman–Crippen LogP) is 3.96. The number of rotatable bonds is 5. The van der Waals surface area contributed by atoms with E-state index in [0.717, 1.165) is 24.8 Å². The van der Waals surface area contributed by atoms with E-state index in [9.17, 15) is 5.11 Å². The average molecular weight is 226 g/mol. The average Bonchev–Trinajstić information content (AvgIpc) is 2.38. The zero-order valence-corrected chi connectivity index (χ0v) is 9.97. The number of aryl methyl sites for hydroxylation is 2. The zero-order valence-electron chi connectivity index (χ0n) is 9.97. The minimum atomic E-state index is 0.423. The Hall–Kier alpha value is -1.76. The largest absolute Gasteiger partial charge is 0.508 e. The lowest BCUT2D eigenvalue weighted by molar-refractivity contribution is 0.466. The predicted molar refractivity (Wildman–Crippen MR) is 71.2 cm³/mol. The maximum Gasteiger partial charge on any atom is 0.118 e. The van der Waals surface area contributed by atoms with E-state index in [-0.39, 0.29) is 0 Å². The maximum absolute atomic E-state index is 9.63. The SMILES string of the molecule is Oc1ccccc1CCCCc1ccccc1. The first-order chi connectivity index (χ1) is 8.36. The second-order valence-electron chi connectivity index (χ2n) is 4.32. The fourth-order valence-corrected chi connectivity index (χ4v) is 2.01. The molecule has 0 aromatic heterocycles. The summed E-state index contributed by atoms with van der Waals surface area (Å²) >= 11 is 0. The summed E-state index contributed by atoms with van der Waals surface area (Å²) in [5.74, 6) is 0.423. The number of benzene rings is 2. The van der Waals surface area contributed by atoms with Crippen molar-refractivity contribution in [1.29, 1.82) is 0 Å². The van der Waals surface area contributed by atoms with Crippen molar-refractivity contribution in [3.05, 3.63) is 65.7 Å². The van der Waals surface area contributed by atoms with Gasteiger partial charge in [-0.25, -0.2) is 0 Å². The monoisotopic (exact) mass is 226 g/mol. The molecule has 0 saturated heterocycles. The lowest BCUT2D eigenvalue weighted by Gasteiger charge is -2.04. The van der Waals surface area contributed by atoms with Crippen molar-refractivity contribution in [2.45, 2.75) is 25.7 Å². The first-order valence-corrected chi connectivity index (χ1v) is 6.17. The third-order valence-electron chi connectivity index (χ3n) is 3.00. The molecule has 0 fully saturated rings. The Morgan fingerprint density at radius 2 is 1.35 bits per heavy atom. The van der Waals surface area contributed by atoms with Crippen molar-refractivity contribution in [3.63, 3.8) is 0 Å². The van der Waals surface area contributed by atoms with Crippen LogP contribution in [0, 0.1) is 0 Å². The maximum atomic E-state index is 9.63. The van der Waals surface area contributed by atoms with Crippen molar-refractivity contribution in [2.24, 2.45) is 0 Å². The van der Waals surface area contributed by atoms with Crippen LogP contribution in [-0.4, -0.2) is 5.11 Å². The topological polar surface area (TPSA) is 20.2 Å². The van der Waals surface area contributed by atoms with Gasteiger partial charge in [0.05, 0.1) is 0 Å². The van der Waals surface area contributed by atoms with Crippen LogP contribution in [0.15, 0.2) is 54.6 Å². The minimum absolute atomic E-state index is 0.423. The van der Waals surface area contributed by atoms with Crippen LogP contribution in [-0.2, 0) is 12.8 Å². The van der Waals surface area contributed by atoms with Crippen molar-refractivity contribution in [2.75, 3.05) is 0 Å². The summed E-state index contributed by atoms with van der Waals surface area (Å²) < 4.78 is 0. The zero-order chi connectivity index (χ0) is 11.9. The van der Waals surface area contributed by atoms with E-state index in [1.54, 1.807) is 6.07 Å². The van der Waals surface area contributed by atoms with Crippen LogP contribution in [0.4, 0.5) is 0 Å². The van der Waals surface area contributed by atoms with E-state index >= 15 is 0 Å². The summed E-state index contributed by atoms with van der Waals surface area (Å²) in [5, 5.41) is 9.63. The summed E-state index contributed by atoms with van der Waals surface area (Å²) in [4.78, 5) is 0. The fourth-order valence-electron chi connectivity index (χ4n) is 2.01. The van der Waals surface area contributed by atoms with Gasteiger partial charge in [-0.05, 0) is 42.9 Å². The van der Waals surface area contributed by atoms with Crippen LogP contribution >= 0.6 is 0 Å². The lowest BCUT2D eigenvalue weighted by Crippen LogP contribution is -1.89. The van der Waals surface area contributed by atoms with E-state index in [4.69, 9.17) is 0 Å². The van der Waals surface area contributed by atoms with Gasteiger partial charge in [-0.1, -0.05) is 48.5 Å². The first kappa shape index (κ1) is 11.7. The number of unbranched alkanes of at least 4 members (excludes halogenated alkanes) is 1. The summed E-state index contributed by atoms with van der Waals surface area (Å²) in [5.41, 5.74) is 2.45. The van der Waals surface area contributed by atoms with Gasteiger partial charge in [0.2, 0.25) is 0 Å². The van der Waals surface area contributed by atoms with E-state index < -0.39 is 0 Å². The lowest BCUT2D eigenvalue weighted by atomic mass is 10.0. The molecule has 0 heterocycles. The van der Waals surface area contributed by atoms with E-state index in [1.807, 2.05) is 24.3 Å². The van der Waals surface area contributed by atoms with Gasteiger partial charge in [0.1, 0.15) is 5.75 Å². The molecule has 1 heteroatoms. The summed E-state index contributed by atoms with van der Waals surface area (Å²) in [6.45, 7) is 0. The van der Waals surface area contributed by atoms with Gasteiger partial charge in [0.25, 0.3) is 0 Å². The normalized spacial score (nSPS) is 10.4. The molecule has 0 aliphatic rings. The van der Waals surface area contributed by atoms with Gasteiger partial charge in [-0.2, -0.15) is 0 Å². The molecule has 17 heavy (non-hydrogen) atoms. The molecule has 0 amide bonds. The van der Waals surface area contributed by atoms with E-state index in [2.05, 4.69) is 24.3 Å². The molecule has 0 atom stereocenters. The fraction of sp³-hybridized carbons (Fsp3) is 0.250. The Labute approximate surface area is 103 Å². The van der Waals surface area contributed by atoms with Crippen LogP contribution in [0.25, 0.3) is 0 Å². The Morgan fingerprint density at radius 1 is 0.706 bits per heavy atom. The first-order valence-electron chi connectivity index (χ1n) is 6.17. The van der Waals surface area contributed by atoms with Crippen LogP contribution in [0.2, 0.25) is 0 Å². The Kier molecular flexibility index (Phi) is 4.20. The Morgan fingerprint density at radius 3 is 2.12 bits per heavy atom. The van der Waals surface area contributed by atoms with Crippen molar-refractivity contribution in [3.8, 4) is 5.75 Å². The van der Waals surface area contributed by atoms with Crippen LogP contribution < -0.4 is 0 Å². The van der Waals surface area contributed by atoms with Gasteiger partial charge in [-0.3, -0.25) is 0 Å². The quantitative estimate of drug-likeness (QED) is 0.765. The molecule has 0 aliphatic carbocycles. The highest BCUT2D eigenvalue weighted by Gasteiger charge is 1.99. The molecular weight excluding hydrogens is 208 g/mol. The molecule has 0 bridgehead atoms. The van der Waals surface area contributed by atoms with Gasteiger partial charge in [0, 0.05) is 0 Å². The molecule has 2 rings (SSSR count). The van der Waals surface area contributed by atoms with E-state index in [0.29, 0.717) is 5.75 Å². The molecule has 0 aliphatic heterocycles. The minimum Gasteiger partial charge on any atom is -0.508 e. The van der Waals surface area contributed by atoms with Crippen molar-refractivity contribution < 1.29 is 5.11 Å². The third-order valence-corrected chi connectivity index (χ3v) is 3.00. The molecule has 0 spiro atoms. The van der Waals surface area contributed by atoms with Gasteiger partial charge >= 0.3 is 0 Å². The second kappa shape index (κ2) is 6.09. The highest BCUT2D eigenvalue weighted by Crippen LogP contribution is 2.18. The molecular formula is C16H18O. The number of para-hydroxylation sites is 1. The van der Waals surface area contributed by atoms with Crippen molar-refractivity contribution >= 4 is 0 Å². The number of phenolic OH excluding ortho intramolecular Hbond substituents is 1. The summed E-state index contributed by atoms with van der Waals surface area (Å²) in [7, 11) is 0. The van der Waals surface area contributed by atoms with Gasteiger partial charge in [0.15, 0.2) is 0 Å². The number of aromatic hydroxyl groups is 1. The van der Waals surface area contributed by atoms with Crippen LogP contribution in [0.5, 0.6) is 5.75 Å². The smallest absolute Gasteiger partial charge is 0.118 e. The summed E-state index contributed by atoms with van der Waals surface area (Å²) in [6, 6.07) is 18.1. The van der Waals surface area contributed by atoms with Gasteiger partial charge < -0.3 is 5.11 Å². The molecule has 2 aromatic rings. The molecule has 0 unspecified atom stereocenters. The number of hydrogen-bond acceptors (Lipinski definition) is 1. The summed E-state index contributed by atoms with van der Waals surface area (Å²) in [6.07, 6.45) is 4.36. The standard InChI is InChI=1S/C16H18O/c17-16-13-7-6-12-15(16)11-5-4-10-14-8-2-1-3-9-14/h1-3,6-9,12-13,17H,4-5,10-11H2. The molecule has 0 radical (unpaired) electrons. The van der Waals surface area contributed by atoms with Crippen molar-refractivity contribution in [1.82, 2.24) is 0 Å². The Balaban J connectivity index is 1.76. The molecule has 0 saturated carbocycles. The highest BCUT2D eigenvalue weighted by atomic mass is 16.3. The number of phenols is 1. The molecule has 2 aromatic carbocycles. The molecule has 1 nitrogen and oxygen atoms in total. The Bertz CT molecular complexity index is 448. The van der Waals surface area contributed by atoms with Crippen LogP contribution in [0.3, 0.4) is 0 Å². The molecule has 88 valence electrons. The highest BCUT2D eigenvalue weighted by molar-refractivity contribution is 5.31. The third kappa shape index (κ3) is 3.63. The second-order valence-corrected chi connectivity index (χ2v) is 4.32. The number of hydrogen-bond donors (Lipinski definition) is 1. The van der Waals surface area contributed by atoms with Gasteiger partial charge in [-0.15, -0.1) is 0 Å². The molecule has 1 N–H and O–H groups in total. The van der Waals surface area contributed by atoms with Crippen LogP contribution in [0.1, 0.15) is 24.0 Å². The van der Waals surface area contributed by atoms with E-state index in [1.165, 1.54) is 12.0 Å².